The Bertz CT molecular complexity index is 3320. The number of benzene rings is 9. The van der Waals surface area contributed by atoms with E-state index in [1.807, 2.05) is 12.1 Å². The third-order valence-corrected chi connectivity index (χ3v) is 11.9. The van der Waals surface area contributed by atoms with Gasteiger partial charge in [-0.3, -0.25) is 0 Å². The number of fused-ring (bicyclic) bond motifs is 10. The van der Waals surface area contributed by atoms with Crippen LogP contribution in [0.15, 0.2) is 199 Å². The summed E-state index contributed by atoms with van der Waals surface area (Å²) in [6.07, 6.45) is 0. The molecular formula is C53H33NO. The van der Waals surface area contributed by atoms with E-state index in [1.54, 1.807) is 0 Å². The van der Waals surface area contributed by atoms with Gasteiger partial charge in [-0.25, -0.2) is 0 Å². The van der Waals surface area contributed by atoms with E-state index in [-0.39, 0.29) is 5.92 Å². The van der Waals surface area contributed by atoms with E-state index in [9.17, 15) is 0 Å². The topological polar surface area (TPSA) is 18.1 Å². The Hall–Kier alpha value is -7.16. The molecule has 0 fully saturated rings. The van der Waals surface area contributed by atoms with Crippen LogP contribution in [0, 0.1) is 0 Å². The second kappa shape index (κ2) is 11.7. The van der Waals surface area contributed by atoms with Crippen LogP contribution in [0.25, 0.3) is 93.6 Å². The molecule has 0 amide bonds. The molecule has 55 heavy (non-hydrogen) atoms. The van der Waals surface area contributed by atoms with Crippen LogP contribution in [0.5, 0.6) is 0 Å². The van der Waals surface area contributed by atoms with Crippen LogP contribution >= 0.6 is 0 Å². The van der Waals surface area contributed by atoms with Crippen LogP contribution in [-0.4, -0.2) is 4.57 Å². The molecule has 0 saturated carbocycles. The normalized spacial score (nSPS) is 13.6. The van der Waals surface area contributed by atoms with Gasteiger partial charge in [0.25, 0.3) is 0 Å². The lowest BCUT2D eigenvalue weighted by Crippen LogP contribution is -1.98. The first-order valence-electron chi connectivity index (χ1n) is 19.0. The minimum Gasteiger partial charge on any atom is -0.456 e. The molecule has 0 bridgehead atoms. The van der Waals surface area contributed by atoms with Gasteiger partial charge in [-0.15, -0.1) is 0 Å². The minimum absolute atomic E-state index is 0.177. The highest BCUT2D eigenvalue weighted by molar-refractivity contribution is 6.12. The molecule has 0 radical (unpaired) electrons. The van der Waals surface area contributed by atoms with Crippen molar-refractivity contribution in [2.24, 2.45) is 0 Å². The van der Waals surface area contributed by atoms with Crippen LogP contribution in [0.3, 0.4) is 0 Å². The maximum atomic E-state index is 6.17. The van der Waals surface area contributed by atoms with E-state index in [2.05, 4.69) is 187 Å². The largest absolute Gasteiger partial charge is 0.456 e. The summed E-state index contributed by atoms with van der Waals surface area (Å²) in [5.41, 5.74) is 16.9. The first-order chi connectivity index (χ1) is 27.3. The van der Waals surface area contributed by atoms with Gasteiger partial charge in [0.2, 0.25) is 0 Å². The Morgan fingerprint density at radius 3 is 1.73 bits per heavy atom. The van der Waals surface area contributed by atoms with Gasteiger partial charge in [0.15, 0.2) is 0 Å². The maximum absolute atomic E-state index is 6.17. The number of hydrogen-bond acceptors (Lipinski definition) is 1. The highest BCUT2D eigenvalue weighted by atomic mass is 16.3. The monoisotopic (exact) mass is 699 g/mol. The van der Waals surface area contributed by atoms with Gasteiger partial charge >= 0.3 is 0 Å². The number of rotatable bonds is 4. The second-order valence-electron chi connectivity index (χ2n) is 14.8. The zero-order valence-electron chi connectivity index (χ0n) is 29.9. The van der Waals surface area contributed by atoms with Gasteiger partial charge in [0, 0.05) is 32.8 Å². The zero-order valence-corrected chi connectivity index (χ0v) is 29.9. The summed E-state index contributed by atoms with van der Waals surface area (Å²) in [5.74, 6) is 0.177. The van der Waals surface area contributed by atoms with Crippen molar-refractivity contribution in [3.05, 3.63) is 211 Å². The predicted molar refractivity (Wildman–Crippen MR) is 229 cm³/mol. The zero-order chi connectivity index (χ0) is 36.0. The lowest BCUT2D eigenvalue weighted by atomic mass is 9.88. The third kappa shape index (κ3) is 4.55. The lowest BCUT2D eigenvalue weighted by molar-refractivity contribution is 0.669. The Morgan fingerprint density at radius 1 is 0.364 bits per heavy atom. The Kier molecular flexibility index (Phi) is 6.43. The van der Waals surface area contributed by atoms with Crippen LogP contribution in [-0.2, 0) is 0 Å². The quantitative estimate of drug-likeness (QED) is 0.179. The SMILES string of the molecule is c1ccc(C2c3ccc(-c4ccc5oc6ccccc6c5c4)cc3-c3cc(-c4ccc5c(c4)c4ccccc4n5-c4cccc5ccccc45)ccc32)cc1. The molecule has 2 heteroatoms. The molecule has 2 aromatic heterocycles. The van der Waals surface area contributed by atoms with Crippen molar-refractivity contribution >= 4 is 54.5 Å². The van der Waals surface area contributed by atoms with E-state index < -0.39 is 0 Å². The highest BCUT2D eigenvalue weighted by Gasteiger charge is 2.31. The number of para-hydroxylation sites is 2. The molecule has 0 spiro atoms. The summed E-state index contributed by atoms with van der Waals surface area (Å²) in [5, 5.41) is 7.31. The Morgan fingerprint density at radius 2 is 0.927 bits per heavy atom. The molecule has 0 aliphatic heterocycles. The molecule has 1 aliphatic rings. The summed E-state index contributed by atoms with van der Waals surface area (Å²) < 4.78 is 8.61. The molecule has 1 unspecified atom stereocenters. The molecule has 1 atom stereocenters. The number of hydrogen-bond donors (Lipinski definition) is 0. The Labute approximate surface area is 318 Å². The number of aromatic nitrogens is 1. The van der Waals surface area contributed by atoms with E-state index >= 15 is 0 Å². The van der Waals surface area contributed by atoms with Crippen molar-refractivity contribution in [2.45, 2.75) is 5.92 Å². The molecular weight excluding hydrogens is 667 g/mol. The summed E-state index contributed by atoms with van der Waals surface area (Å²) in [6, 6.07) is 71.1. The predicted octanol–water partition coefficient (Wildman–Crippen LogP) is 14.3. The smallest absolute Gasteiger partial charge is 0.135 e. The average molecular weight is 700 g/mol. The van der Waals surface area contributed by atoms with Gasteiger partial charge in [-0.05, 0) is 110 Å². The van der Waals surface area contributed by atoms with Crippen LogP contribution in [0.2, 0.25) is 0 Å². The molecule has 2 nitrogen and oxygen atoms in total. The molecule has 0 N–H and O–H groups in total. The fourth-order valence-electron chi connectivity index (χ4n) is 9.33. The fourth-order valence-corrected chi connectivity index (χ4v) is 9.33. The van der Waals surface area contributed by atoms with E-state index in [0.29, 0.717) is 0 Å². The molecule has 256 valence electrons. The first-order valence-corrected chi connectivity index (χ1v) is 19.0. The molecule has 12 rings (SSSR count). The highest BCUT2D eigenvalue weighted by Crippen LogP contribution is 2.50. The first kappa shape index (κ1) is 30.3. The Balaban J connectivity index is 1.03. The molecule has 1 aliphatic carbocycles. The molecule has 0 saturated heterocycles. The minimum atomic E-state index is 0.177. The second-order valence-corrected chi connectivity index (χ2v) is 14.8. The van der Waals surface area contributed by atoms with Crippen molar-refractivity contribution in [2.75, 3.05) is 0 Å². The van der Waals surface area contributed by atoms with Gasteiger partial charge in [-0.1, -0.05) is 140 Å². The van der Waals surface area contributed by atoms with E-state index in [1.165, 1.54) is 88.3 Å². The molecule has 2 heterocycles. The van der Waals surface area contributed by atoms with Crippen LogP contribution in [0.1, 0.15) is 22.6 Å². The lowest BCUT2D eigenvalue weighted by Gasteiger charge is -2.15. The van der Waals surface area contributed by atoms with Crippen molar-refractivity contribution in [1.82, 2.24) is 4.57 Å². The summed E-state index contributed by atoms with van der Waals surface area (Å²) in [4.78, 5) is 0. The van der Waals surface area contributed by atoms with E-state index in [4.69, 9.17) is 4.42 Å². The van der Waals surface area contributed by atoms with Crippen LogP contribution in [0.4, 0.5) is 0 Å². The van der Waals surface area contributed by atoms with Crippen molar-refractivity contribution in [3.63, 3.8) is 0 Å². The number of nitrogens with zero attached hydrogens (tertiary/aromatic N) is 1. The molecule has 11 aromatic rings. The molecule has 9 aromatic carbocycles. The van der Waals surface area contributed by atoms with Crippen LogP contribution < -0.4 is 0 Å². The third-order valence-electron chi connectivity index (χ3n) is 11.9. The fraction of sp³-hybridized carbons (Fsp3) is 0.0189. The van der Waals surface area contributed by atoms with E-state index in [0.717, 1.165) is 21.9 Å². The van der Waals surface area contributed by atoms with Crippen molar-refractivity contribution in [1.29, 1.82) is 0 Å². The number of furan rings is 1. The maximum Gasteiger partial charge on any atom is 0.135 e. The van der Waals surface area contributed by atoms with Gasteiger partial charge in [0.1, 0.15) is 11.2 Å². The average Bonchev–Trinajstić information content (AvgIpc) is 3.90. The summed E-state index contributed by atoms with van der Waals surface area (Å²) >= 11 is 0. The standard InChI is InChI=1S/C53H33NO/c1-2-12-34(13-3-1)53-42-25-21-35(29-44(42)45-30-36(22-26-43(45)53)38-24-28-52-47(32-38)41-17-7-9-20-51(41)55-52)37-23-27-50-46(31-37)40-16-6-8-18-49(40)54(50)48-19-10-14-33-11-4-5-15-39(33)48/h1-32,53H. The van der Waals surface area contributed by atoms with Gasteiger partial charge in [0.05, 0.1) is 16.7 Å². The van der Waals surface area contributed by atoms with Gasteiger partial charge < -0.3 is 8.98 Å². The van der Waals surface area contributed by atoms with Gasteiger partial charge in [-0.2, -0.15) is 0 Å². The van der Waals surface area contributed by atoms with Crippen molar-refractivity contribution < 1.29 is 4.42 Å². The summed E-state index contributed by atoms with van der Waals surface area (Å²) in [7, 11) is 0. The van der Waals surface area contributed by atoms with Crippen molar-refractivity contribution in [3.8, 4) is 39.1 Å². The summed E-state index contributed by atoms with van der Waals surface area (Å²) in [6.45, 7) is 0.